The van der Waals surface area contributed by atoms with Gasteiger partial charge in [0, 0.05) is 49.4 Å². The molecule has 10 rings (SSSR count). The molecule has 7 aliphatic carbocycles. The summed E-state index contributed by atoms with van der Waals surface area (Å²) in [6, 6.07) is 11.7. The van der Waals surface area contributed by atoms with Crippen LogP contribution < -0.4 is 5.32 Å². The van der Waals surface area contributed by atoms with Crippen LogP contribution in [0.15, 0.2) is 48.1 Å². The van der Waals surface area contributed by atoms with Crippen LogP contribution in [0, 0.1) is 46.3 Å². The van der Waals surface area contributed by atoms with E-state index in [4.69, 9.17) is 4.74 Å². The number of allylic oxidation sites excluding steroid dienone is 1. The minimum absolute atomic E-state index is 0.00890. The van der Waals surface area contributed by atoms with Gasteiger partial charge in [-0.3, -0.25) is 9.59 Å². The van der Waals surface area contributed by atoms with Crippen molar-refractivity contribution in [1.82, 2.24) is 10.2 Å². The number of aryl methyl sites for hydroxylation is 2. The molecule has 0 unspecified atom stereocenters. The number of ether oxygens (including phenoxy) is 1. The molecular weight excluding hydrogens is 845 g/mol. The number of alkyl halides is 2. The number of hydrogen-bond acceptors (Lipinski definition) is 5. The lowest BCUT2D eigenvalue weighted by Crippen LogP contribution is -2.47. The van der Waals surface area contributed by atoms with Crippen molar-refractivity contribution >= 4 is 11.8 Å². The van der Waals surface area contributed by atoms with Gasteiger partial charge < -0.3 is 25.2 Å². The Kier molecular flexibility index (Phi) is 14.0. The van der Waals surface area contributed by atoms with E-state index in [1.54, 1.807) is 12.1 Å². The first kappa shape index (κ1) is 47.5. The molecule has 2 aromatic rings. The molecule has 2 aromatic carbocycles. The molecular formula is C55H74F4N2O5. The highest BCUT2D eigenvalue weighted by Gasteiger charge is 2.67. The third-order valence-corrected chi connectivity index (χ3v) is 19.0. The fourth-order valence-electron chi connectivity index (χ4n) is 15.9. The van der Waals surface area contributed by atoms with Crippen LogP contribution in [0.2, 0.25) is 0 Å². The number of carbonyl (C=O) groups is 2. The molecule has 3 N–H and O–H groups in total. The fraction of sp³-hybridized carbons (Fsp3) is 0.709. The summed E-state index contributed by atoms with van der Waals surface area (Å²) in [5.41, 5.74) is 4.01. The van der Waals surface area contributed by atoms with Gasteiger partial charge in [-0.2, -0.15) is 8.78 Å². The highest BCUT2D eigenvalue weighted by atomic mass is 19.3. The van der Waals surface area contributed by atoms with Crippen molar-refractivity contribution in [2.24, 2.45) is 46.3 Å². The van der Waals surface area contributed by atoms with Crippen molar-refractivity contribution in [3.63, 3.8) is 0 Å². The molecule has 2 amide bonds. The second kappa shape index (κ2) is 19.4. The summed E-state index contributed by atoms with van der Waals surface area (Å²) in [4.78, 5) is 26.9. The number of phenolic OH excluding ortho intramolecular Hbond substituents is 2. The van der Waals surface area contributed by atoms with Crippen LogP contribution in [-0.4, -0.2) is 65.2 Å². The summed E-state index contributed by atoms with van der Waals surface area (Å²) in [5, 5.41) is 23.0. The first-order chi connectivity index (χ1) is 31.7. The SMILES string of the molecule is C[C@]12CC[C@@H]3c4ccc(O)cc4CC[C@H]3[C@@H]1[C@@H](CCCC(=O)NC1CCCCC1)CC2(F)F.C[C@]12CC[C@@H]3c4ccc(O)cc4CC[C@H]3[C@@H]1[C@H](CCCC(=O)N1CCOCC1)CC2=C(F)F. The van der Waals surface area contributed by atoms with E-state index in [1.165, 1.54) is 41.5 Å². The molecule has 362 valence electrons. The van der Waals surface area contributed by atoms with E-state index in [-0.39, 0.29) is 47.8 Å². The Bertz CT molecular complexity index is 2110. The van der Waals surface area contributed by atoms with Crippen molar-refractivity contribution in [2.75, 3.05) is 26.3 Å². The van der Waals surface area contributed by atoms with Crippen molar-refractivity contribution in [3.8, 4) is 11.5 Å². The van der Waals surface area contributed by atoms with Gasteiger partial charge in [0.25, 0.3) is 12.0 Å². The van der Waals surface area contributed by atoms with Gasteiger partial charge in [-0.25, -0.2) is 8.78 Å². The fourth-order valence-corrected chi connectivity index (χ4v) is 15.9. The quantitative estimate of drug-likeness (QED) is 0.218. The molecule has 66 heavy (non-hydrogen) atoms. The average Bonchev–Trinajstić information content (AvgIpc) is 3.72. The lowest BCUT2D eigenvalue weighted by molar-refractivity contribution is -0.135. The van der Waals surface area contributed by atoms with E-state index >= 15 is 8.78 Å². The van der Waals surface area contributed by atoms with Crippen LogP contribution in [0.1, 0.15) is 170 Å². The van der Waals surface area contributed by atoms with Crippen molar-refractivity contribution in [3.05, 3.63) is 70.3 Å². The zero-order valence-corrected chi connectivity index (χ0v) is 39.4. The maximum absolute atomic E-state index is 15.4. The van der Waals surface area contributed by atoms with Crippen LogP contribution in [0.3, 0.4) is 0 Å². The maximum Gasteiger partial charge on any atom is 0.270 e. The van der Waals surface area contributed by atoms with Gasteiger partial charge in [-0.1, -0.05) is 45.2 Å². The number of benzene rings is 2. The first-order valence-corrected chi connectivity index (χ1v) is 25.9. The molecule has 1 saturated heterocycles. The molecule has 0 aromatic heterocycles. The minimum Gasteiger partial charge on any atom is -0.508 e. The molecule has 0 radical (unpaired) electrons. The summed E-state index contributed by atoms with van der Waals surface area (Å²) in [7, 11) is 0. The van der Waals surface area contributed by atoms with Gasteiger partial charge in [-0.05, 0) is 196 Å². The second-order valence-corrected chi connectivity index (χ2v) is 22.4. The molecule has 1 heterocycles. The Morgan fingerprint density at radius 1 is 0.758 bits per heavy atom. The number of hydrogen-bond donors (Lipinski definition) is 3. The average molecular weight is 919 g/mol. The van der Waals surface area contributed by atoms with Crippen LogP contribution >= 0.6 is 0 Å². The number of halogens is 4. The van der Waals surface area contributed by atoms with E-state index in [1.807, 2.05) is 30.0 Å². The number of amides is 2. The van der Waals surface area contributed by atoms with E-state index in [0.717, 1.165) is 77.0 Å². The van der Waals surface area contributed by atoms with Gasteiger partial charge in [0.1, 0.15) is 11.5 Å². The Balaban J connectivity index is 0.000000166. The Hall–Kier alpha value is -3.60. The Morgan fingerprint density at radius 2 is 1.35 bits per heavy atom. The van der Waals surface area contributed by atoms with E-state index in [2.05, 4.69) is 18.3 Å². The third-order valence-electron chi connectivity index (χ3n) is 19.0. The number of aromatic hydroxyl groups is 2. The Morgan fingerprint density at radius 3 is 1.98 bits per heavy atom. The lowest BCUT2D eigenvalue weighted by atomic mass is 9.53. The van der Waals surface area contributed by atoms with Gasteiger partial charge in [0.05, 0.1) is 13.2 Å². The second-order valence-electron chi connectivity index (χ2n) is 22.4. The van der Waals surface area contributed by atoms with Crippen LogP contribution in [0.4, 0.5) is 17.6 Å². The number of rotatable bonds is 9. The van der Waals surface area contributed by atoms with E-state index in [0.29, 0.717) is 99.3 Å². The maximum atomic E-state index is 15.4. The normalized spacial score (nSPS) is 34.3. The zero-order chi connectivity index (χ0) is 46.4. The summed E-state index contributed by atoms with van der Waals surface area (Å²) in [6.07, 6.45) is 15.5. The number of carbonyl (C=O) groups excluding carboxylic acids is 2. The molecule has 8 aliphatic rings. The monoisotopic (exact) mass is 919 g/mol. The topological polar surface area (TPSA) is 99.1 Å². The molecule has 5 saturated carbocycles. The van der Waals surface area contributed by atoms with E-state index in [9.17, 15) is 28.6 Å². The molecule has 6 fully saturated rings. The predicted molar refractivity (Wildman–Crippen MR) is 247 cm³/mol. The van der Waals surface area contributed by atoms with Crippen LogP contribution in [-0.2, 0) is 27.2 Å². The van der Waals surface area contributed by atoms with Crippen LogP contribution in [0.5, 0.6) is 11.5 Å². The van der Waals surface area contributed by atoms with Gasteiger partial charge in [0.2, 0.25) is 11.8 Å². The minimum atomic E-state index is -2.63. The van der Waals surface area contributed by atoms with Crippen LogP contribution in [0.25, 0.3) is 0 Å². The number of nitrogens with one attached hydrogen (secondary N) is 1. The van der Waals surface area contributed by atoms with Gasteiger partial charge in [-0.15, -0.1) is 0 Å². The summed E-state index contributed by atoms with van der Waals surface area (Å²) in [6.45, 7) is 6.43. The third kappa shape index (κ3) is 9.18. The molecule has 11 heteroatoms. The zero-order valence-electron chi connectivity index (χ0n) is 39.4. The molecule has 0 spiro atoms. The smallest absolute Gasteiger partial charge is 0.270 e. The summed E-state index contributed by atoms with van der Waals surface area (Å²) < 4.78 is 64.4. The van der Waals surface area contributed by atoms with Gasteiger partial charge >= 0.3 is 0 Å². The van der Waals surface area contributed by atoms with Gasteiger partial charge in [0.15, 0.2) is 0 Å². The number of morpholine rings is 1. The molecule has 1 aliphatic heterocycles. The number of phenols is 2. The lowest BCUT2D eigenvalue weighted by Gasteiger charge is -2.51. The summed E-state index contributed by atoms with van der Waals surface area (Å²) in [5.74, 6) is 0.0235. The molecule has 7 nitrogen and oxygen atoms in total. The number of nitrogens with zero attached hydrogens (tertiary/aromatic N) is 1. The van der Waals surface area contributed by atoms with Crippen molar-refractivity contribution in [2.45, 2.75) is 172 Å². The molecule has 0 bridgehead atoms. The number of fused-ring (bicyclic) bond motifs is 10. The highest BCUT2D eigenvalue weighted by molar-refractivity contribution is 5.76. The van der Waals surface area contributed by atoms with Crippen molar-refractivity contribution < 1.29 is 42.1 Å². The largest absolute Gasteiger partial charge is 0.508 e. The first-order valence-electron chi connectivity index (χ1n) is 25.9. The Labute approximate surface area is 389 Å². The summed E-state index contributed by atoms with van der Waals surface area (Å²) >= 11 is 0. The molecule has 10 atom stereocenters. The highest BCUT2D eigenvalue weighted by Crippen LogP contribution is 2.69. The predicted octanol–water partition coefficient (Wildman–Crippen LogP) is 12.4. The standard InChI is InChI=1S/C28H39F2NO2.C27H35F2NO3/c1-27-15-14-23-22-13-11-21(32)16-18(22)10-12-24(23)26(27)19(17-28(27,29)30)6-5-9-25(33)31-20-7-3-2-4-8-20;1-27-10-9-21-20-8-6-19(31)15-17(20)5-7-22(21)25(27)18(16-23(27)26(28)29)3-2-4-24(32)30-11-13-33-14-12-30/h11,13,16,19-20,23-24,26,32H,2-10,12,14-15,17H2,1H3,(H,31,33);6,8,15,18,21-22,25,31H,2-5,7,9-14,16H2,1H3/t19-,23+,24+,26-,27-;18-,21-,22-,25+,27-/m01/s1. The van der Waals surface area contributed by atoms with Crippen molar-refractivity contribution in [1.29, 1.82) is 0 Å². The van der Waals surface area contributed by atoms with E-state index < -0.39 is 22.8 Å².